The monoisotopic (exact) mass is 443 g/mol. The highest BCUT2D eigenvalue weighted by molar-refractivity contribution is 8.01. The first-order valence-electron chi connectivity index (χ1n) is 8.35. The van der Waals surface area contributed by atoms with Gasteiger partial charge in [-0.2, -0.15) is 0 Å². The molecule has 152 valence electrons. The summed E-state index contributed by atoms with van der Waals surface area (Å²) in [5, 5.41) is 14.8. The Labute approximate surface area is 174 Å². The number of rotatable bonds is 9. The fraction of sp³-hybridized carbons (Fsp3) is 0.438. The Morgan fingerprint density at radius 3 is 2.57 bits per heavy atom. The first kappa shape index (κ1) is 22.1. The molecule has 0 unspecified atom stereocenters. The molecule has 0 fully saturated rings. The van der Waals surface area contributed by atoms with Crippen LogP contribution in [0.15, 0.2) is 4.34 Å². The van der Waals surface area contributed by atoms with Crippen molar-refractivity contribution in [2.75, 3.05) is 23.0 Å². The number of carbonyl (C=O) groups is 3. The number of primary amides is 1. The number of carbonyl (C=O) groups excluding carboxylic acids is 3. The van der Waals surface area contributed by atoms with Crippen LogP contribution in [0.1, 0.15) is 46.4 Å². The molecule has 0 saturated heterocycles. The van der Waals surface area contributed by atoms with Gasteiger partial charge in [0, 0.05) is 6.04 Å². The summed E-state index contributed by atoms with van der Waals surface area (Å²) in [5.41, 5.74) is 5.90. The van der Waals surface area contributed by atoms with Gasteiger partial charge in [0.1, 0.15) is 5.00 Å². The standard InChI is InChI=1S/C16H21N5O4S3/c1-5-25-14(24)10-8(4)11(12(17)23)27-13(10)19-9(22)6-26-16-21-20-15(28-16)18-7(2)3/h7H,5-6H2,1-4H3,(H2,17,23)(H,18,20)(H,19,22). The van der Waals surface area contributed by atoms with Crippen molar-refractivity contribution in [1.29, 1.82) is 0 Å². The van der Waals surface area contributed by atoms with Gasteiger partial charge in [-0.25, -0.2) is 4.79 Å². The molecule has 28 heavy (non-hydrogen) atoms. The third-order valence-corrected chi connectivity index (χ3v) is 6.46. The molecule has 2 heterocycles. The van der Waals surface area contributed by atoms with E-state index in [0.29, 0.717) is 15.0 Å². The summed E-state index contributed by atoms with van der Waals surface area (Å²) in [6.45, 7) is 7.43. The number of thioether (sulfide) groups is 1. The number of hydrogen-bond donors (Lipinski definition) is 3. The van der Waals surface area contributed by atoms with Crippen LogP contribution in [0.25, 0.3) is 0 Å². The molecule has 0 saturated carbocycles. The van der Waals surface area contributed by atoms with Crippen molar-refractivity contribution in [1.82, 2.24) is 10.2 Å². The Hall–Kier alpha value is -2.18. The maximum absolute atomic E-state index is 12.3. The molecule has 2 rings (SSSR count). The molecule has 0 aliphatic carbocycles. The van der Waals surface area contributed by atoms with E-state index in [1.807, 2.05) is 13.8 Å². The van der Waals surface area contributed by atoms with Gasteiger partial charge in [0.15, 0.2) is 4.34 Å². The smallest absolute Gasteiger partial charge is 0.341 e. The van der Waals surface area contributed by atoms with E-state index in [4.69, 9.17) is 10.5 Å². The Balaban J connectivity index is 2.08. The van der Waals surface area contributed by atoms with Crippen LogP contribution in [-0.4, -0.2) is 46.4 Å². The SMILES string of the molecule is CCOC(=O)c1c(NC(=O)CSc2nnc(NC(C)C)s2)sc(C(N)=O)c1C. The molecule has 0 aromatic carbocycles. The van der Waals surface area contributed by atoms with Crippen LogP contribution in [0.2, 0.25) is 0 Å². The van der Waals surface area contributed by atoms with E-state index in [-0.39, 0.29) is 39.8 Å². The zero-order valence-electron chi connectivity index (χ0n) is 15.8. The highest BCUT2D eigenvalue weighted by Crippen LogP contribution is 2.34. The maximum Gasteiger partial charge on any atom is 0.341 e. The average Bonchev–Trinajstić information content (AvgIpc) is 3.17. The molecule has 2 amide bonds. The highest BCUT2D eigenvalue weighted by atomic mass is 32.2. The lowest BCUT2D eigenvalue weighted by atomic mass is 10.1. The summed E-state index contributed by atoms with van der Waals surface area (Å²) in [6, 6.07) is 0.233. The maximum atomic E-state index is 12.3. The number of nitrogens with one attached hydrogen (secondary N) is 2. The summed E-state index contributed by atoms with van der Waals surface area (Å²) < 4.78 is 5.67. The van der Waals surface area contributed by atoms with Gasteiger partial charge < -0.3 is 21.1 Å². The second kappa shape index (κ2) is 9.85. The number of ether oxygens (including phenoxy) is 1. The second-order valence-corrected chi connectivity index (χ2v) is 9.07. The molecule has 2 aromatic rings. The quantitative estimate of drug-likeness (QED) is 0.397. The highest BCUT2D eigenvalue weighted by Gasteiger charge is 2.25. The van der Waals surface area contributed by atoms with Crippen LogP contribution in [-0.2, 0) is 9.53 Å². The van der Waals surface area contributed by atoms with E-state index in [1.165, 1.54) is 23.1 Å². The predicted molar refractivity (Wildman–Crippen MR) is 112 cm³/mol. The number of esters is 1. The first-order valence-corrected chi connectivity index (χ1v) is 11.0. The van der Waals surface area contributed by atoms with Gasteiger partial charge in [0.05, 0.1) is 22.8 Å². The van der Waals surface area contributed by atoms with E-state index in [9.17, 15) is 14.4 Å². The number of thiophene rings is 1. The molecular formula is C16H21N5O4S3. The molecular weight excluding hydrogens is 422 g/mol. The topological polar surface area (TPSA) is 136 Å². The van der Waals surface area contributed by atoms with Crippen LogP contribution >= 0.6 is 34.4 Å². The predicted octanol–water partition coefficient (Wildman–Crippen LogP) is 2.73. The lowest BCUT2D eigenvalue weighted by Gasteiger charge is -2.06. The number of nitrogens with zero attached hydrogens (tertiary/aromatic N) is 2. The fourth-order valence-electron chi connectivity index (χ4n) is 2.15. The Morgan fingerprint density at radius 1 is 1.25 bits per heavy atom. The number of amides is 2. The molecule has 2 aromatic heterocycles. The number of anilines is 2. The lowest BCUT2D eigenvalue weighted by molar-refractivity contribution is -0.113. The van der Waals surface area contributed by atoms with E-state index >= 15 is 0 Å². The Morgan fingerprint density at radius 2 is 1.96 bits per heavy atom. The van der Waals surface area contributed by atoms with E-state index in [1.54, 1.807) is 13.8 Å². The molecule has 0 atom stereocenters. The van der Waals surface area contributed by atoms with Crippen molar-refractivity contribution in [3.8, 4) is 0 Å². The van der Waals surface area contributed by atoms with Gasteiger partial charge in [-0.15, -0.1) is 21.5 Å². The molecule has 0 bridgehead atoms. The Bertz CT molecular complexity index is 878. The first-order chi connectivity index (χ1) is 13.2. The van der Waals surface area contributed by atoms with Crippen molar-refractivity contribution in [2.45, 2.75) is 38.1 Å². The third kappa shape index (κ3) is 5.66. The molecule has 0 aliphatic rings. The fourth-order valence-corrected chi connectivity index (χ4v) is 4.91. The van der Waals surface area contributed by atoms with E-state index in [0.717, 1.165) is 11.3 Å². The van der Waals surface area contributed by atoms with Crippen molar-refractivity contribution < 1.29 is 19.1 Å². The largest absolute Gasteiger partial charge is 0.462 e. The lowest BCUT2D eigenvalue weighted by Crippen LogP contribution is -2.16. The minimum Gasteiger partial charge on any atom is -0.462 e. The van der Waals surface area contributed by atoms with Gasteiger partial charge in [-0.3, -0.25) is 9.59 Å². The molecule has 12 heteroatoms. The minimum absolute atomic E-state index is 0.0709. The minimum atomic E-state index is -0.665. The van der Waals surface area contributed by atoms with Crippen LogP contribution in [0.4, 0.5) is 10.1 Å². The van der Waals surface area contributed by atoms with Crippen molar-refractivity contribution in [2.24, 2.45) is 5.73 Å². The molecule has 0 spiro atoms. The number of hydrogen-bond acceptors (Lipinski definition) is 10. The number of nitrogens with two attached hydrogens (primary N) is 1. The van der Waals surface area contributed by atoms with Gasteiger partial charge in [0.25, 0.3) is 5.91 Å². The van der Waals surface area contributed by atoms with Crippen LogP contribution in [0, 0.1) is 6.92 Å². The Kier molecular flexibility index (Phi) is 7.78. The van der Waals surface area contributed by atoms with Crippen molar-refractivity contribution >= 4 is 62.4 Å². The zero-order chi connectivity index (χ0) is 20.8. The van der Waals surface area contributed by atoms with E-state index in [2.05, 4.69) is 20.8 Å². The summed E-state index contributed by atoms with van der Waals surface area (Å²) in [6.07, 6.45) is 0. The molecule has 0 radical (unpaired) electrons. The molecule has 0 aliphatic heterocycles. The summed E-state index contributed by atoms with van der Waals surface area (Å²) in [4.78, 5) is 36.4. The average molecular weight is 444 g/mol. The molecule has 4 N–H and O–H groups in total. The van der Waals surface area contributed by atoms with Crippen LogP contribution in [0.3, 0.4) is 0 Å². The van der Waals surface area contributed by atoms with Gasteiger partial charge in [-0.05, 0) is 33.3 Å². The zero-order valence-corrected chi connectivity index (χ0v) is 18.3. The van der Waals surface area contributed by atoms with Crippen molar-refractivity contribution in [3.05, 3.63) is 16.0 Å². The van der Waals surface area contributed by atoms with Crippen LogP contribution < -0.4 is 16.4 Å². The number of aromatic nitrogens is 2. The summed E-state index contributed by atoms with van der Waals surface area (Å²) in [7, 11) is 0. The molecule has 9 nitrogen and oxygen atoms in total. The summed E-state index contributed by atoms with van der Waals surface area (Å²) >= 11 is 3.54. The van der Waals surface area contributed by atoms with Crippen molar-refractivity contribution in [3.63, 3.8) is 0 Å². The van der Waals surface area contributed by atoms with Crippen LogP contribution in [0.5, 0.6) is 0 Å². The van der Waals surface area contributed by atoms with Gasteiger partial charge in [0.2, 0.25) is 11.0 Å². The van der Waals surface area contributed by atoms with Gasteiger partial charge >= 0.3 is 5.97 Å². The van der Waals surface area contributed by atoms with Gasteiger partial charge in [-0.1, -0.05) is 23.1 Å². The summed E-state index contributed by atoms with van der Waals surface area (Å²) in [5.74, 6) is -1.55. The normalized spacial score (nSPS) is 10.8. The third-order valence-electron chi connectivity index (χ3n) is 3.25. The second-order valence-electron chi connectivity index (χ2n) is 5.85. The van der Waals surface area contributed by atoms with E-state index < -0.39 is 11.9 Å².